The van der Waals surface area contributed by atoms with Gasteiger partial charge < -0.3 is 9.15 Å². The quantitative estimate of drug-likeness (QED) is 0.771. The Kier molecular flexibility index (Phi) is 3.28. The average Bonchev–Trinajstić information content (AvgIpc) is 3.01. The highest BCUT2D eigenvalue weighted by Crippen LogP contribution is 2.35. The lowest BCUT2D eigenvalue weighted by atomic mass is 10.0. The summed E-state index contributed by atoms with van der Waals surface area (Å²) in [5, 5.41) is -0.235. The van der Waals surface area contributed by atoms with Crippen LogP contribution in [0.1, 0.15) is 41.9 Å². The first kappa shape index (κ1) is 12.6. The molecule has 2 aromatic rings. The fraction of sp³-hybridized carbons (Fsp3) is 0.375. The van der Waals surface area contributed by atoms with Gasteiger partial charge in [0.05, 0.1) is 0 Å². The summed E-state index contributed by atoms with van der Waals surface area (Å²) in [6, 6.07) is 10.1. The number of furan rings is 1. The Morgan fingerprint density at radius 1 is 1.32 bits per heavy atom. The van der Waals surface area contributed by atoms with Crippen molar-refractivity contribution < 1.29 is 9.15 Å². The van der Waals surface area contributed by atoms with E-state index in [4.69, 9.17) is 20.8 Å². The monoisotopic (exact) mass is 276 g/mol. The van der Waals surface area contributed by atoms with Crippen molar-refractivity contribution in [3.05, 3.63) is 53.0 Å². The molecular weight excluding hydrogens is 260 g/mol. The summed E-state index contributed by atoms with van der Waals surface area (Å²) in [5.41, 5.74) is 2.30. The van der Waals surface area contributed by atoms with E-state index in [9.17, 15) is 0 Å². The molecule has 0 bridgehead atoms. The Balaban J connectivity index is 1.88. The Hall–Kier alpha value is -1.41. The molecule has 0 amide bonds. The predicted molar refractivity (Wildman–Crippen MR) is 76.0 cm³/mol. The molecule has 0 fully saturated rings. The number of fused-ring (bicyclic) bond motifs is 1. The second kappa shape index (κ2) is 4.93. The van der Waals surface area contributed by atoms with Crippen LogP contribution in [0.2, 0.25) is 0 Å². The molecule has 1 aromatic carbocycles. The smallest absolute Gasteiger partial charge is 0.126 e. The maximum Gasteiger partial charge on any atom is 0.126 e. The number of benzene rings is 1. The molecule has 1 aromatic heterocycles. The standard InChI is InChI=1S/C16H17ClO2/c1-3-13-5-7-15(19-13)16(17)11-4-6-14-12(9-11)8-10(2)18-14/h4-7,9-10,16H,3,8H2,1-2H3. The highest BCUT2D eigenvalue weighted by atomic mass is 35.5. The topological polar surface area (TPSA) is 22.4 Å². The van der Waals surface area contributed by atoms with Crippen molar-refractivity contribution in [3.63, 3.8) is 0 Å². The summed E-state index contributed by atoms with van der Waals surface area (Å²) in [5.74, 6) is 2.76. The van der Waals surface area contributed by atoms with Gasteiger partial charge in [-0.05, 0) is 36.2 Å². The summed E-state index contributed by atoms with van der Waals surface area (Å²) in [4.78, 5) is 0. The van der Waals surface area contributed by atoms with E-state index in [1.807, 2.05) is 24.3 Å². The molecule has 0 spiro atoms. The van der Waals surface area contributed by atoms with Crippen molar-refractivity contribution in [1.29, 1.82) is 0 Å². The highest BCUT2D eigenvalue weighted by Gasteiger charge is 2.22. The van der Waals surface area contributed by atoms with Crippen LogP contribution in [0, 0.1) is 0 Å². The first-order valence-corrected chi connectivity index (χ1v) is 7.13. The molecular formula is C16H17ClO2. The van der Waals surface area contributed by atoms with Gasteiger partial charge in [0, 0.05) is 12.8 Å². The normalized spacial score (nSPS) is 19.0. The molecule has 2 heterocycles. The third-order valence-corrected chi connectivity index (χ3v) is 3.96. The maximum absolute atomic E-state index is 6.51. The molecule has 3 heteroatoms. The van der Waals surface area contributed by atoms with E-state index < -0.39 is 0 Å². The van der Waals surface area contributed by atoms with Gasteiger partial charge in [-0.1, -0.05) is 19.1 Å². The molecule has 1 aliphatic rings. The van der Waals surface area contributed by atoms with Crippen LogP contribution in [-0.2, 0) is 12.8 Å². The SMILES string of the molecule is CCc1ccc(C(Cl)c2ccc3c(c2)CC(C)O3)o1. The number of rotatable bonds is 3. The van der Waals surface area contributed by atoms with E-state index in [1.54, 1.807) is 0 Å². The summed E-state index contributed by atoms with van der Waals surface area (Å²) in [7, 11) is 0. The van der Waals surface area contributed by atoms with Gasteiger partial charge in [-0.2, -0.15) is 0 Å². The van der Waals surface area contributed by atoms with E-state index in [1.165, 1.54) is 5.56 Å². The average molecular weight is 277 g/mol. The van der Waals surface area contributed by atoms with Crippen molar-refractivity contribution in [2.24, 2.45) is 0 Å². The molecule has 0 saturated carbocycles. The number of hydrogen-bond donors (Lipinski definition) is 0. The van der Waals surface area contributed by atoms with Crippen LogP contribution >= 0.6 is 11.6 Å². The minimum absolute atomic E-state index is 0.235. The lowest BCUT2D eigenvalue weighted by molar-refractivity contribution is 0.254. The molecule has 0 aliphatic carbocycles. The fourth-order valence-corrected chi connectivity index (χ4v) is 2.74. The van der Waals surface area contributed by atoms with Crippen molar-refractivity contribution >= 4 is 11.6 Å². The lowest BCUT2D eigenvalue weighted by Crippen LogP contribution is -2.05. The largest absolute Gasteiger partial charge is 0.490 e. The molecule has 2 atom stereocenters. The molecule has 2 nitrogen and oxygen atoms in total. The minimum atomic E-state index is -0.235. The third kappa shape index (κ3) is 2.37. The summed E-state index contributed by atoms with van der Waals surface area (Å²) in [6.45, 7) is 4.15. The molecule has 1 aliphatic heterocycles. The second-order valence-corrected chi connectivity index (χ2v) is 5.46. The number of alkyl halides is 1. The Morgan fingerprint density at radius 2 is 2.16 bits per heavy atom. The van der Waals surface area contributed by atoms with Crippen LogP contribution in [0.5, 0.6) is 5.75 Å². The van der Waals surface area contributed by atoms with Crippen molar-refractivity contribution in [2.75, 3.05) is 0 Å². The van der Waals surface area contributed by atoms with E-state index in [-0.39, 0.29) is 11.5 Å². The van der Waals surface area contributed by atoms with Crippen molar-refractivity contribution in [2.45, 2.75) is 38.2 Å². The Morgan fingerprint density at radius 3 is 2.89 bits per heavy atom. The van der Waals surface area contributed by atoms with Gasteiger partial charge in [-0.3, -0.25) is 0 Å². The molecule has 0 saturated heterocycles. The zero-order valence-electron chi connectivity index (χ0n) is 11.2. The number of ether oxygens (including phenoxy) is 1. The zero-order valence-corrected chi connectivity index (χ0v) is 11.9. The molecule has 0 N–H and O–H groups in total. The molecule has 0 radical (unpaired) electrons. The van der Waals surface area contributed by atoms with E-state index in [0.29, 0.717) is 0 Å². The van der Waals surface area contributed by atoms with Gasteiger partial charge in [0.2, 0.25) is 0 Å². The second-order valence-electron chi connectivity index (χ2n) is 5.02. The van der Waals surface area contributed by atoms with Gasteiger partial charge in [0.25, 0.3) is 0 Å². The van der Waals surface area contributed by atoms with Crippen molar-refractivity contribution in [1.82, 2.24) is 0 Å². The number of halogens is 1. The maximum atomic E-state index is 6.51. The highest BCUT2D eigenvalue weighted by molar-refractivity contribution is 6.22. The molecule has 100 valence electrons. The van der Waals surface area contributed by atoms with Crippen LogP contribution in [-0.4, -0.2) is 6.10 Å². The van der Waals surface area contributed by atoms with E-state index in [2.05, 4.69) is 19.9 Å². The fourth-order valence-electron chi connectivity index (χ4n) is 2.48. The van der Waals surface area contributed by atoms with Crippen LogP contribution < -0.4 is 4.74 Å². The Bertz CT molecular complexity index is 588. The summed E-state index contributed by atoms with van der Waals surface area (Å²) >= 11 is 6.51. The number of hydrogen-bond acceptors (Lipinski definition) is 2. The Labute approximate surface area is 118 Å². The van der Waals surface area contributed by atoms with Crippen LogP contribution in [0.4, 0.5) is 0 Å². The minimum Gasteiger partial charge on any atom is -0.490 e. The summed E-state index contributed by atoms with van der Waals surface area (Å²) in [6.07, 6.45) is 2.10. The van der Waals surface area contributed by atoms with Gasteiger partial charge in [0.1, 0.15) is 28.8 Å². The first-order chi connectivity index (χ1) is 9.17. The van der Waals surface area contributed by atoms with Gasteiger partial charge in [-0.25, -0.2) is 0 Å². The van der Waals surface area contributed by atoms with Crippen LogP contribution in [0.15, 0.2) is 34.7 Å². The van der Waals surface area contributed by atoms with E-state index in [0.717, 1.165) is 35.7 Å². The van der Waals surface area contributed by atoms with Gasteiger partial charge >= 0.3 is 0 Å². The summed E-state index contributed by atoms with van der Waals surface area (Å²) < 4.78 is 11.4. The van der Waals surface area contributed by atoms with Crippen LogP contribution in [0.3, 0.4) is 0 Å². The first-order valence-electron chi connectivity index (χ1n) is 6.69. The van der Waals surface area contributed by atoms with E-state index >= 15 is 0 Å². The number of aryl methyl sites for hydroxylation is 1. The van der Waals surface area contributed by atoms with Crippen LogP contribution in [0.25, 0.3) is 0 Å². The van der Waals surface area contributed by atoms with Gasteiger partial charge in [-0.15, -0.1) is 11.6 Å². The predicted octanol–water partition coefficient (Wildman–Crippen LogP) is 4.49. The zero-order chi connectivity index (χ0) is 13.4. The molecule has 19 heavy (non-hydrogen) atoms. The van der Waals surface area contributed by atoms with Gasteiger partial charge in [0.15, 0.2) is 0 Å². The molecule has 3 rings (SSSR count). The third-order valence-electron chi connectivity index (χ3n) is 3.49. The molecule has 2 unspecified atom stereocenters. The lowest BCUT2D eigenvalue weighted by Gasteiger charge is -2.08. The van der Waals surface area contributed by atoms with Crippen molar-refractivity contribution in [3.8, 4) is 5.75 Å².